The van der Waals surface area contributed by atoms with Crippen LogP contribution in [0.2, 0.25) is 5.02 Å². The Morgan fingerprint density at radius 1 is 0.962 bits per heavy atom. The lowest BCUT2D eigenvalue weighted by atomic mass is 9.95. The fraction of sp³-hybridized carbons (Fsp3) is 0.429. The molecule has 1 atom stereocenters. The standard InChI is InChI=1S/C21H25ClN2O.ClH/c22-19-7-3-4-8-20(19)24-14-12-23(13-15-24)11-9-21-18-6-2-1-5-17(18)10-16-25-21;/h1-8,21H,9-16H2;1H. The van der Waals surface area contributed by atoms with Gasteiger partial charge in [0.1, 0.15) is 0 Å². The van der Waals surface area contributed by atoms with Crippen LogP contribution < -0.4 is 4.90 Å². The molecule has 1 saturated heterocycles. The van der Waals surface area contributed by atoms with Gasteiger partial charge in [0.25, 0.3) is 0 Å². The Kier molecular flexibility index (Phi) is 6.82. The van der Waals surface area contributed by atoms with Gasteiger partial charge in [-0.2, -0.15) is 0 Å². The number of anilines is 1. The zero-order valence-corrected chi connectivity index (χ0v) is 16.5. The fourth-order valence-electron chi connectivity index (χ4n) is 3.94. The lowest BCUT2D eigenvalue weighted by molar-refractivity contribution is 0.0289. The van der Waals surface area contributed by atoms with Crippen LogP contribution in [0.5, 0.6) is 0 Å². The Balaban J connectivity index is 0.00000196. The molecule has 0 aromatic heterocycles. The number of rotatable bonds is 4. The number of hydrogen-bond acceptors (Lipinski definition) is 3. The van der Waals surface area contributed by atoms with Crippen molar-refractivity contribution in [2.45, 2.75) is 18.9 Å². The zero-order chi connectivity index (χ0) is 17.1. The van der Waals surface area contributed by atoms with Crippen LogP contribution in [0, 0.1) is 0 Å². The van der Waals surface area contributed by atoms with E-state index in [1.165, 1.54) is 11.1 Å². The van der Waals surface area contributed by atoms with Crippen molar-refractivity contribution >= 4 is 29.7 Å². The third-order valence-electron chi connectivity index (χ3n) is 5.37. The van der Waals surface area contributed by atoms with Crippen LogP contribution >= 0.6 is 24.0 Å². The Morgan fingerprint density at radius 3 is 2.50 bits per heavy atom. The Hall–Kier alpha value is -1.26. The van der Waals surface area contributed by atoms with E-state index >= 15 is 0 Å². The number of halogens is 2. The zero-order valence-electron chi connectivity index (χ0n) is 14.9. The van der Waals surface area contributed by atoms with Gasteiger partial charge in [-0.05, 0) is 36.1 Å². The van der Waals surface area contributed by atoms with Crippen LogP contribution in [-0.4, -0.2) is 44.2 Å². The molecule has 0 N–H and O–H groups in total. The van der Waals surface area contributed by atoms with Crippen molar-refractivity contribution in [1.29, 1.82) is 0 Å². The summed E-state index contributed by atoms with van der Waals surface area (Å²) in [6, 6.07) is 16.9. The first-order chi connectivity index (χ1) is 12.3. The average molecular weight is 393 g/mol. The minimum Gasteiger partial charge on any atom is -0.373 e. The summed E-state index contributed by atoms with van der Waals surface area (Å²) in [5, 5.41) is 0.850. The first-order valence-electron chi connectivity index (χ1n) is 9.22. The van der Waals surface area contributed by atoms with Crippen LogP contribution in [0.1, 0.15) is 23.7 Å². The number of para-hydroxylation sites is 1. The predicted molar refractivity (Wildman–Crippen MR) is 111 cm³/mol. The van der Waals surface area contributed by atoms with Gasteiger partial charge in [0.2, 0.25) is 0 Å². The highest BCUT2D eigenvalue weighted by Crippen LogP contribution is 2.30. The molecule has 5 heteroatoms. The van der Waals surface area contributed by atoms with Crippen molar-refractivity contribution in [2.24, 2.45) is 0 Å². The summed E-state index contributed by atoms with van der Waals surface area (Å²) in [5.41, 5.74) is 4.01. The molecule has 0 aliphatic carbocycles. The van der Waals surface area contributed by atoms with Crippen LogP contribution in [0.25, 0.3) is 0 Å². The molecule has 2 aromatic carbocycles. The van der Waals surface area contributed by atoms with E-state index in [-0.39, 0.29) is 18.5 Å². The summed E-state index contributed by atoms with van der Waals surface area (Å²) in [4.78, 5) is 4.94. The lowest BCUT2D eigenvalue weighted by Crippen LogP contribution is -2.47. The number of ether oxygens (including phenoxy) is 1. The van der Waals surface area contributed by atoms with Gasteiger partial charge in [-0.3, -0.25) is 4.90 Å². The van der Waals surface area contributed by atoms with E-state index in [9.17, 15) is 0 Å². The Labute approximate surface area is 167 Å². The van der Waals surface area contributed by atoms with Crippen molar-refractivity contribution in [3.8, 4) is 0 Å². The van der Waals surface area contributed by atoms with Gasteiger partial charge in [-0.1, -0.05) is 48.0 Å². The van der Waals surface area contributed by atoms with Gasteiger partial charge in [0.15, 0.2) is 0 Å². The number of nitrogens with zero attached hydrogens (tertiary/aromatic N) is 2. The summed E-state index contributed by atoms with van der Waals surface area (Å²) in [6.07, 6.45) is 2.37. The molecule has 2 heterocycles. The third-order valence-corrected chi connectivity index (χ3v) is 5.68. The molecule has 2 aliphatic heterocycles. The largest absolute Gasteiger partial charge is 0.373 e. The molecule has 2 aromatic rings. The number of hydrogen-bond donors (Lipinski definition) is 0. The second kappa shape index (κ2) is 9.09. The van der Waals surface area contributed by atoms with Crippen molar-refractivity contribution < 1.29 is 4.74 Å². The maximum absolute atomic E-state index is 6.33. The van der Waals surface area contributed by atoms with E-state index in [2.05, 4.69) is 46.2 Å². The van der Waals surface area contributed by atoms with E-state index in [4.69, 9.17) is 16.3 Å². The molecule has 3 nitrogen and oxygen atoms in total. The summed E-state index contributed by atoms with van der Waals surface area (Å²) in [7, 11) is 0. The van der Waals surface area contributed by atoms with Gasteiger partial charge >= 0.3 is 0 Å². The predicted octanol–water partition coefficient (Wildman–Crippen LogP) is 4.59. The second-order valence-corrected chi connectivity index (χ2v) is 7.28. The summed E-state index contributed by atoms with van der Waals surface area (Å²) < 4.78 is 6.05. The first-order valence-corrected chi connectivity index (χ1v) is 9.60. The van der Waals surface area contributed by atoms with E-state index in [1.807, 2.05) is 12.1 Å². The molecule has 140 valence electrons. The molecular weight excluding hydrogens is 367 g/mol. The first kappa shape index (κ1) is 19.5. The van der Waals surface area contributed by atoms with Gasteiger partial charge in [-0.15, -0.1) is 12.4 Å². The maximum atomic E-state index is 6.33. The molecule has 2 aliphatic rings. The topological polar surface area (TPSA) is 15.7 Å². The SMILES string of the molecule is Cl.Clc1ccccc1N1CCN(CCC2OCCc3ccccc32)CC1. The summed E-state index contributed by atoms with van der Waals surface area (Å²) >= 11 is 6.33. The molecule has 26 heavy (non-hydrogen) atoms. The number of piperazine rings is 1. The van der Waals surface area contributed by atoms with Crippen molar-refractivity contribution in [1.82, 2.24) is 4.90 Å². The number of fused-ring (bicyclic) bond motifs is 1. The highest BCUT2D eigenvalue weighted by molar-refractivity contribution is 6.33. The van der Waals surface area contributed by atoms with Crippen LogP contribution in [0.15, 0.2) is 48.5 Å². The van der Waals surface area contributed by atoms with Crippen molar-refractivity contribution in [3.63, 3.8) is 0 Å². The van der Waals surface area contributed by atoms with Crippen LogP contribution in [0.3, 0.4) is 0 Å². The van der Waals surface area contributed by atoms with Crippen molar-refractivity contribution in [3.05, 3.63) is 64.7 Å². The van der Waals surface area contributed by atoms with Gasteiger partial charge in [0.05, 0.1) is 23.4 Å². The van der Waals surface area contributed by atoms with Gasteiger partial charge in [0, 0.05) is 32.7 Å². The quantitative estimate of drug-likeness (QED) is 0.756. The summed E-state index contributed by atoms with van der Waals surface area (Å²) in [6.45, 7) is 6.17. The molecule has 4 rings (SSSR count). The van der Waals surface area contributed by atoms with E-state index < -0.39 is 0 Å². The van der Waals surface area contributed by atoms with E-state index in [0.717, 1.165) is 62.9 Å². The molecule has 0 radical (unpaired) electrons. The molecule has 0 amide bonds. The monoisotopic (exact) mass is 392 g/mol. The molecule has 0 saturated carbocycles. The Bertz CT molecular complexity index is 717. The average Bonchev–Trinajstić information content (AvgIpc) is 2.67. The number of benzene rings is 2. The highest BCUT2D eigenvalue weighted by Gasteiger charge is 2.23. The van der Waals surface area contributed by atoms with E-state index in [0.29, 0.717) is 0 Å². The minimum absolute atomic E-state index is 0. The van der Waals surface area contributed by atoms with Crippen LogP contribution in [0.4, 0.5) is 5.69 Å². The van der Waals surface area contributed by atoms with Crippen molar-refractivity contribution in [2.75, 3.05) is 44.2 Å². The molecule has 1 fully saturated rings. The molecule has 0 bridgehead atoms. The lowest BCUT2D eigenvalue weighted by Gasteiger charge is -2.37. The van der Waals surface area contributed by atoms with Gasteiger partial charge < -0.3 is 9.64 Å². The fourth-order valence-corrected chi connectivity index (χ4v) is 4.19. The third kappa shape index (κ3) is 4.34. The smallest absolute Gasteiger partial charge is 0.0839 e. The molecular formula is C21H26Cl2N2O. The highest BCUT2D eigenvalue weighted by atomic mass is 35.5. The minimum atomic E-state index is 0. The summed E-state index contributed by atoms with van der Waals surface area (Å²) in [5.74, 6) is 0. The second-order valence-electron chi connectivity index (χ2n) is 6.88. The van der Waals surface area contributed by atoms with Gasteiger partial charge in [-0.25, -0.2) is 0 Å². The maximum Gasteiger partial charge on any atom is 0.0839 e. The normalized spacial score (nSPS) is 20.3. The van der Waals surface area contributed by atoms with E-state index in [1.54, 1.807) is 0 Å². The van der Waals surface area contributed by atoms with Crippen LogP contribution in [-0.2, 0) is 11.2 Å². The molecule has 1 unspecified atom stereocenters. The molecule has 0 spiro atoms. The Morgan fingerprint density at radius 2 is 1.69 bits per heavy atom.